The molecule has 0 aromatic heterocycles. The van der Waals surface area contributed by atoms with Gasteiger partial charge in [-0.2, -0.15) is 0 Å². The molecular weight excluding hydrogens is 319 g/mol. The Kier molecular flexibility index (Phi) is 4.70. The summed E-state index contributed by atoms with van der Waals surface area (Å²) in [5.41, 5.74) is 1.33. The number of hydrogen-bond donors (Lipinski definition) is 1. The molecule has 7 heteroatoms. The molecule has 0 saturated heterocycles. The van der Waals surface area contributed by atoms with Crippen molar-refractivity contribution in [2.45, 2.75) is 18.7 Å². The molecule has 0 heterocycles. The number of amides is 1. The first-order valence-electron chi connectivity index (χ1n) is 6.84. The van der Waals surface area contributed by atoms with Crippen LogP contribution in [0.2, 0.25) is 0 Å². The Morgan fingerprint density at radius 2 is 1.74 bits per heavy atom. The highest BCUT2D eigenvalue weighted by Gasteiger charge is 2.17. The Labute approximate surface area is 134 Å². The number of halogens is 1. The monoisotopic (exact) mass is 336 g/mol. The third kappa shape index (κ3) is 3.87. The van der Waals surface area contributed by atoms with Gasteiger partial charge in [-0.3, -0.25) is 9.52 Å². The first-order chi connectivity index (χ1) is 10.7. The third-order valence-corrected chi connectivity index (χ3v) is 4.95. The van der Waals surface area contributed by atoms with Crippen LogP contribution in [0.3, 0.4) is 0 Å². The van der Waals surface area contributed by atoms with E-state index in [1.54, 1.807) is 31.3 Å². The van der Waals surface area contributed by atoms with Gasteiger partial charge in [0.25, 0.3) is 10.0 Å². The Bertz CT molecular complexity index is 833. The Balaban J connectivity index is 2.25. The van der Waals surface area contributed by atoms with Crippen LogP contribution in [-0.4, -0.2) is 21.4 Å². The second kappa shape index (κ2) is 6.37. The van der Waals surface area contributed by atoms with Crippen molar-refractivity contribution in [2.24, 2.45) is 0 Å². The maximum absolute atomic E-state index is 13.1. The van der Waals surface area contributed by atoms with Gasteiger partial charge in [-0.05, 0) is 55.0 Å². The van der Waals surface area contributed by atoms with E-state index >= 15 is 0 Å². The van der Waals surface area contributed by atoms with E-state index in [1.807, 2.05) is 0 Å². The number of nitrogens with one attached hydrogen (secondary N) is 1. The molecule has 23 heavy (non-hydrogen) atoms. The number of aryl methyl sites for hydroxylation is 1. The van der Waals surface area contributed by atoms with Crippen molar-refractivity contribution in [1.29, 1.82) is 0 Å². The molecule has 122 valence electrons. The van der Waals surface area contributed by atoms with Gasteiger partial charge in [0.1, 0.15) is 5.82 Å². The molecule has 0 aliphatic rings. The topological polar surface area (TPSA) is 66.5 Å². The summed E-state index contributed by atoms with van der Waals surface area (Å²) in [7, 11) is -2.18. The molecule has 1 N–H and O–H groups in total. The molecular formula is C16H17FN2O3S. The minimum atomic E-state index is -3.81. The number of carbonyl (C=O) groups is 1. The lowest BCUT2D eigenvalue weighted by atomic mass is 10.2. The average molecular weight is 336 g/mol. The molecule has 2 aromatic rings. The predicted octanol–water partition coefficient (Wildman–Crippen LogP) is 2.92. The van der Waals surface area contributed by atoms with Gasteiger partial charge >= 0.3 is 0 Å². The predicted molar refractivity (Wildman–Crippen MR) is 87.5 cm³/mol. The van der Waals surface area contributed by atoms with Gasteiger partial charge < -0.3 is 4.90 Å². The second-order valence-electron chi connectivity index (χ2n) is 5.14. The molecule has 0 fully saturated rings. The summed E-state index contributed by atoms with van der Waals surface area (Å²) >= 11 is 0. The highest BCUT2D eigenvalue weighted by Crippen LogP contribution is 2.22. The highest BCUT2D eigenvalue weighted by molar-refractivity contribution is 7.92. The minimum absolute atomic E-state index is 0.0174. The van der Waals surface area contributed by atoms with Crippen molar-refractivity contribution in [3.05, 3.63) is 53.8 Å². The van der Waals surface area contributed by atoms with Gasteiger partial charge in [0.15, 0.2) is 0 Å². The van der Waals surface area contributed by atoms with Crippen molar-refractivity contribution < 1.29 is 17.6 Å². The fourth-order valence-electron chi connectivity index (χ4n) is 2.06. The van der Waals surface area contributed by atoms with Gasteiger partial charge in [-0.1, -0.05) is 0 Å². The molecule has 0 bridgehead atoms. The van der Waals surface area contributed by atoms with Gasteiger partial charge in [0.05, 0.1) is 4.90 Å². The lowest BCUT2D eigenvalue weighted by molar-refractivity contribution is -0.116. The van der Waals surface area contributed by atoms with Crippen molar-refractivity contribution in [3.8, 4) is 0 Å². The smallest absolute Gasteiger partial charge is 0.262 e. The maximum Gasteiger partial charge on any atom is 0.262 e. The van der Waals surface area contributed by atoms with E-state index in [2.05, 4.69) is 4.72 Å². The summed E-state index contributed by atoms with van der Waals surface area (Å²) in [6, 6.07) is 9.89. The van der Waals surface area contributed by atoms with Crippen LogP contribution in [0.5, 0.6) is 0 Å². The summed E-state index contributed by atoms with van der Waals surface area (Å²) in [5, 5.41) is 0. The highest BCUT2D eigenvalue weighted by atomic mass is 32.2. The zero-order valence-electron chi connectivity index (χ0n) is 13.0. The maximum atomic E-state index is 13.1. The van der Waals surface area contributed by atoms with E-state index < -0.39 is 15.8 Å². The summed E-state index contributed by atoms with van der Waals surface area (Å²) in [6.45, 7) is 2.97. The van der Waals surface area contributed by atoms with Crippen LogP contribution in [0.4, 0.5) is 15.8 Å². The zero-order valence-corrected chi connectivity index (χ0v) is 13.8. The molecule has 0 atom stereocenters. The first-order valence-corrected chi connectivity index (χ1v) is 8.32. The van der Waals surface area contributed by atoms with E-state index in [9.17, 15) is 17.6 Å². The number of anilines is 2. The fourth-order valence-corrected chi connectivity index (χ4v) is 3.35. The number of nitrogens with zero attached hydrogens (tertiary/aromatic N) is 1. The standard InChI is InChI=1S/C16H17FN2O3S/c1-11-10-13(17)4-9-16(11)23(21,22)18-14-5-7-15(8-6-14)19(3)12(2)20/h4-10,18H,1-3H3. The molecule has 0 spiro atoms. The van der Waals surface area contributed by atoms with E-state index in [1.165, 1.54) is 30.9 Å². The number of rotatable bonds is 4. The summed E-state index contributed by atoms with van der Waals surface area (Å²) in [4.78, 5) is 12.8. The molecule has 0 saturated carbocycles. The van der Waals surface area contributed by atoms with E-state index in [-0.39, 0.29) is 10.8 Å². The molecule has 0 radical (unpaired) electrons. The third-order valence-electron chi connectivity index (χ3n) is 3.41. The second-order valence-corrected chi connectivity index (χ2v) is 6.79. The van der Waals surface area contributed by atoms with Crippen LogP contribution in [0, 0.1) is 12.7 Å². The van der Waals surface area contributed by atoms with Crippen LogP contribution < -0.4 is 9.62 Å². The number of carbonyl (C=O) groups excluding carboxylic acids is 1. The summed E-state index contributed by atoms with van der Waals surface area (Å²) in [5.74, 6) is -0.613. The van der Waals surface area contributed by atoms with Gasteiger partial charge in [0, 0.05) is 25.3 Å². The molecule has 2 rings (SSSR count). The van der Waals surface area contributed by atoms with E-state index in [0.29, 0.717) is 16.9 Å². The molecule has 5 nitrogen and oxygen atoms in total. The lowest BCUT2D eigenvalue weighted by Crippen LogP contribution is -2.22. The van der Waals surface area contributed by atoms with Crippen LogP contribution in [0.15, 0.2) is 47.4 Å². The first kappa shape index (κ1) is 17.0. The Morgan fingerprint density at radius 1 is 1.13 bits per heavy atom. The van der Waals surface area contributed by atoms with Crippen LogP contribution in [0.25, 0.3) is 0 Å². The SMILES string of the molecule is CC(=O)N(C)c1ccc(NS(=O)(=O)c2ccc(F)cc2C)cc1. The molecule has 0 aliphatic heterocycles. The minimum Gasteiger partial charge on any atom is -0.316 e. The largest absolute Gasteiger partial charge is 0.316 e. The van der Waals surface area contributed by atoms with Crippen molar-refractivity contribution in [2.75, 3.05) is 16.7 Å². The van der Waals surface area contributed by atoms with Gasteiger partial charge in [-0.15, -0.1) is 0 Å². The van der Waals surface area contributed by atoms with E-state index in [0.717, 1.165) is 6.07 Å². The van der Waals surface area contributed by atoms with Gasteiger partial charge in [-0.25, -0.2) is 12.8 Å². The number of hydrogen-bond acceptors (Lipinski definition) is 3. The Hall–Kier alpha value is -2.41. The molecule has 2 aromatic carbocycles. The summed E-state index contributed by atoms with van der Waals surface area (Å²) < 4.78 is 40.3. The molecule has 0 unspecified atom stereocenters. The zero-order chi connectivity index (χ0) is 17.2. The fraction of sp³-hybridized carbons (Fsp3) is 0.188. The van der Waals surface area contributed by atoms with Crippen molar-refractivity contribution in [3.63, 3.8) is 0 Å². The van der Waals surface area contributed by atoms with Gasteiger partial charge in [0.2, 0.25) is 5.91 Å². The van der Waals surface area contributed by atoms with E-state index in [4.69, 9.17) is 0 Å². The van der Waals surface area contributed by atoms with Crippen molar-refractivity contribution >= 4 is 27.3 Å². The number of benzene rings is 2. The van der Waals surface area contributed by atoms with Crippen LogP contribution in [-0.2, 0) is 14.8 Å². The van der Waals surface area contributed by atoms with Crippen molar-refractivity contribution in [1.82, 2.24) is 0 Å². The average Bonchev–Trinajstić information content (AvgIpc) is 2.46. The summed E-state index contributed by atoms with van der Waals surface area (Å²) in [6.07, 6.45) is 0. The molecule has 0 aliphatic carbocycles. The van der Waals surface area contributed by atoms with Crippen LogP contribution in [0.1, 0.15) is 12.5 Å². The molecule has 1 amide bonds. The van der Waals surface area contributed by atoms with Crippen LogP contribution >= 0.6 is 0 Å². The Morgan fingerprint density at radius 3 is 2.26 bits per heavy atom. The normalized spacial score (nSPS) is 11.1. The quantitative estimate of drug-likeness (QED) is 0.933. The lowest BCUT2D eigenvalue weighted by Gasteiger charge is -2.16. The number of sulfonamides is 1.